The van der Waals surface area contributed by atoms with Gasteiger partial charge in [-0.2, -0.15) is 4.68 Å². The van der Waals surface area contributed by atoms with Crippen LogP contribution in [0.25, 0.3) is 0 Å². The van der Waals surface area contributed by atoms with E-state index in [-0.39, 0.29) is 5.91 Å². The summed E-state index contributed by atoms with van der Waals surface area (Å²) in [6.45, 7) is 1.82. The molecule has 1 amide bonds. The van der Waals surface area contributed by atoms with Crippen molar-refractivity contribution in [2.75, 3.05) is 24.9 Å². The zero-order valence-electron chi connectivity index (χ0n) is 16.2. The fraction of sp³-hybridized carbons (Fsp3) is 0.200. The van der Waals surface area contributed by atoms with Gasteiger partial charge in [0.1, 0.15) is 17.5 Å². The third-order valence-electron chi connectivity index (χ3n) is 4.73. The van der Waals surface area contributed by atoms with Crippen LogP contribution in [-0.4, -0.2) is 40.3 Å². The summed E-state index contributed by atoms with van der Waals surface area (Å²) >= 11 is 0. The molecule has 0 aliphatic carbocycles. The Morgan fingerprint density at radius 2 is 1.93 bits per heavy atom. The van der Waals surface area contributed by atoms with E-state index in [2.05, 4.69) is 26.2 Å². The molecule has 4 rings (SSSR count). The minimum atomic E-state index is -0.578. The highest BCUT2D eigenvalue weighted by Crippen LogP contribution is 2.40. The van der Waals surface area contributed by atoms with Crippen molar-refractivity contribution < 1.29 is 14.3 Å². The number of carbonyl (C=O) groups excluding carboxylic acids is 1. The van der Waals surface area contributed by atoms with Gasteiger partial charge in [-0.25, -0.2) is 0 Å². The van der Waals surface area contributed by atoms with Crippen molar-refractivity contribution >= 4 is 17.5 Å². The maximum Gasteiger partial charge on any atom is 0.255 e. The Morgan fingerprint density at radius 3 is 2.66 bits per heavy atom. The molecule has 9 heteroatoms. The van der Waals surface area contributed by atoms with Crippen LogP contribution < -0.4 is 20.1 Å². The van der Waals surface area contributed by atoms with E-state index in [0.717, 1.165) is 5.56 Å². The number of benzene rings is 2. The number of hydrogen-bond acceptors (Lipinski definition) is 7. The Labute approximate surface area is 167 Å². The largest absolute Gasteiger partial charge is 0.497 e. The normalized spacial score (nSPS) is 15.3. The Kier molecular flexibility index (Phi) is 4.86. The Bertz CT molecular complexity index is 1080. The molecule has 9 nitrogen and oxygen atoms in total. The third kappa shape index (κ3) is 3.38. The topological polar surface area (TPSA) is 103 Å². The Hall–Kier alpha value is -3.88. The number of anilines is 2. The van der Waals surface area contributed by atoms with Gasteiger partial charge in [-0.15, -0.1) is 0 Å². The van der Waals surface area contributed by atoms with E-state index in [0.29, 0.717) is 34.4 Å². The summed E-state index contributed by atoms with van der Waals surface area (Å²) in [5.41, 5.74) is 2.57. The number of tetrazole rings is 1. The van der Waals surface area contributed by atoms with Gasteiger partial charge in [-0.3, -0.25) is 4.79 Å². The number of amides is 1. The molecular formula is C20H20N6O3. The first-order valence-corrected chi connectivity index (χ1v) is 8.96. The predicted octanol–water partition coefficient (Wildman–Crippen LogP) is 2.62. The number of rotatable bonds is 5. The fourth-order valence-electron chi connectivity index (χ4n) is 3.36. The molecule has 0 bridgehead atoms. The summed E-state index contributed by atoms with van der Waals surface area (Å²) in [6, 6.07) is 14.1. The second-order valence-corrected chi connectivity index (χ2v) is 6.44. The van der Waals surface area contributed by atoms with Crippen molar-refractivity contribution in [1.82, 2.24) is 20.2 Å². The van der Waals surface area contributed by atoms with Gasteiger partial charge in [-0.1, -0.05) is 23.3 Å². The molecule has 1 aromatic heterocycles. The summed E-state index contributed by atoms with van der Waals surface area (Å²) in [5, 5.41) is 17.9. The number of allylic oxidation sites excluding steroid dienone is 1. The lowest BCUT2D eigenvalue weighted by atomic mass is 9.94. The van der Waals surface area contributed by atoms with E-state index in [4.69, 9.17) is 9.47 Å². The van der Waals surface area contributed by atoms with E-state index in [1.165, 1.54) is 0 Å². The lowest BCUT2D eigenvalue weighted by Gasteiger charge is -2.29. The highest BCUT2D eigenvalue weighted by atomic mass is 16.5. The first-order chi connectivity index (χ1) is 14.1. The summed E-state index contributed by atoms with van der Waals surface area (Å²) < 4.78 is 12.4. The zero-order valence-corrected chi connectivity index (χ0v) is 16.2. The second-order valence-electron chi connectivity index (χ2n) is 6.44. The second kappa shape index (κ2) is 7.63. The quantitative estimate of drug-likeness (QED) is 0.688. The molecule has 3 aromatic rings. The number of nitrogens with one attached hydrogen (secondary N) is 2. The molecule has 1 aliphatic heterocycles. The molecule has 2 aromatic carbocycles. The number of methoxy groups -OCH3 is 2. The summed E-state index contributed by atoms with van der Waals surface area (Å²) in [5.74, 6) is 1.40. The molecule has 29 heavy (non-hydrogen) atoms. The van der Waals surface area contributed by atoms with Crippen LogP contribution in [0, 0.1) is 0 Å². The van der Waals surface area contributed by atoms with Crippen molar-refractivity contribution in [1.29, 1.82) is 0 Å². The number of para-hydroxylation sites is 1. The molecule has 0 saturated carbocycles. The van der Waals surface area contributed by atoms with Crippen LogP contribution in [0.2, 0.25) is 0 Å². The zero-order chi connectivity index (χ0) is 20.4. The van der Waals surface area contributed by atoms with Crippen molar-refractivity contribution in [2.45, 2.75) is 13.0 Å². The van der Waals surface area contributed by atoms with Crippen LogP contribution >= 0.6 is 0 Å². The number of nitrogens with zero attached hydrogens (tertiary/aromatic N) is 4. The molecule has 0 spiro atoms. The highest BCUT2D eigenvalue weighted by Gasteiger charge is 2.35. The SMILES string of the molecule is COc1ccc([C@H]2C(C(=O)Nc3ccccc3)=C(C)Nc3nnnn32)c(OC)c1. The number of aromatic nitrogens is 4. The molecular weight excluding hydrogens is 372 g/mol. The van der Waals surface area contributed by atoms with Crippen molar-refractivity contribution in [3.63, 3.8) is 0 Å². The van der Waals surface area contributed by atoms with Crippen LogP contribution in [0.15, 0.2) is 59.8 Å². The minimum absolute atomic E-state index is 0.259. The van der Waals surface area contributed by atoms with Gasteiger partial charge in [0.2, 0.25) is 5.95 Å². The molecule has 2 N–H and O–H groups in total. The monoisotopic (exact) mass is 392 g/mol. The molecule has 0 fully saturated rings. The highest BCUT2D eigenvalue weighted by molar-refractivity contribution is 6.06. The van der Waals surface area contributed by atoms with Gasteiger partial charge < -0.3 is 20.1 Å². The van der Waals surface area contributed by atoms with Gasteiger partial charge >= 0.3 is 0 Å². The molecule has 148 valence electrons. The molecule has 0 radical (unpaired) electrons. The maximum absolute atomic E-state index is 13.3. The van der Waals surface area contributed by atoms with Crippen molar-refractivity contribution in [3.8, 4) is 11.5 Å². The lowest BCUT2D eigenvalue weighted by Crippen LogP contribution is -2.31. The van der Waals surface area contributed by atoms with Crippen LogP contribution in [0.3, 0.4) is 0 Å². The first-order valence-electron chi connectivity index (χ1n) is 8.96. The van der Waals surface area contributed by atoms with Gasteiger partial charge in [0, 0.05) is 23.0 Å². The van der Waals surface area contributed by atoms with Crippen LogP contribution in [0.5, 0.6) is 11.5 Å². The Morgan fingerprint density at radius 1 is 1.14 bits per heavy atom. The molecule has 1 aliphatic rings. The van der Waals surface area contributed by atoms with Crippen LogP contribution in [0.4, 0.5) is 11.6 Å². The summed E-state index contributed by atoms with van der Waals surface area (Å²) in [6.07, 6.45) is 0. The van der Waals surface area contributed by atoms with E-state index < -0.39 is 6.04 Å². The average molecular weight is 392 g/mol. The van der Waals surface area contributed by atoms with Gasteiger partial charge in [0.15, 0.2) is 0 Å². The van der Waals surface area contributed by atoms with Gasteiger partial charge in [0.05, 0.1) is 19.8 Å². The van der Waals surface area contributed by atoms with E-state index in [9.17, 15) is 4.79 Å². The van der Waals surface area contributed by atoms with E-state index in [1.807, 2.05) is 49.4 Å². The van der Waals surface area contributed by atoms with Gasteiger partial charge in [0.25, 0.3) is 5.91 Å². The third-order valence-corrected chi connectivity index (χ3v) is 4.73. The standard InChI is InChI=1S/C20H20N6O3/c1-12-17(19(27)22-13-7-5-4-6-8-13)18(26-20(21-12)23-24-25-26)15-10-9-14(28-2)11-16(15)29-3/h4-11,18H,1-3H3,(H,22,27)(H,21,23,25)/t18-/m0/s1. The summed E-state index contributed by atoms with van der Waals surface area (Å²) in [4.78, 5) is 13.3. The number of fused-ring (bicyclic) bond motifs is 1. The van der Waals surface area contributed by atoms with Crippen LogP contribution in [-0.2, 0) is 4.79 Å². The predicted molar refractivity (Wildman–Crippen MR) is 107 cm³/mol. The first kappa shape index (κ1) is 18.5. The smallest absolute Gasteiger partial charge is 0.255 e. The minimum Gasteiger partial charge on any atom is -0.497 e. The number of ether oxygens (including phenoxy) is 2. The maximum atomic E-state index is 13.3. The van der Waals surface area contributed by atoms with E-state index >= 15 is 0 Å². The lowest BCUT2D eigenvalue weighted by molar-refractivity contribution is -0.113. The van der Waals surface area contributed by atoms with Crippen LogP contribution in [0.1, 0.15) is 18.5 Å². The molecule has 0 saturated heterocycles. The number of carbonyl (C=O) groups is 1. The van der Waals surface area contributed by atoms with Crippen molar-refractivity contribution in [3.05, 3.63) is 65.4 Å². The van der Waals surface area contributed by atoms with Gasteiger partial charge in [-0.05, 0) is 41.6 Å². The summed E-state index contributed by atoms with van der Waals surface area (Å²) in [7, 11) is 3.15. The average Bonchev–Trinajstić information content (AvgIpc) is 3.21. The Balaban J connectivity index is 1.82. The van der Waals surface area contributed by atoms with E-state index in [1.54, 1.807) is 25.0 Å². The molecule has 0 unspecified atom stereocenters. The fourth-order valence-corrected chi connectivity index (χ4v) is 3.36. The number of hydrogen-bond donors (Lipinski definition) is 2. The molecule has 1 atom stereocenters. The van der Waals surface area contributed by atoms with Crippen molar-refractivity contribution in [2.24, 2.45) is 0 Å². The molecule has 2 heterocycles.